The SMILES string of the molecule is CCc1ncnc(NCC(C)(C)CC)c1F. The number of nitrogens with zero attached hydrogens (tertiary/aromatic N) is 2. The third-order valence-corrected chi connectivity index (χ3v) is 2.89. The van der Waals surface area contributed by atoms with Crippen molar-refractivity contribution in [2.24, 2.45) is 5.41 Å². The Bertz CT molecular complexity index is 350. The molecule has 0 radical (unpaired) electrons. The van der Waals surface area contributed by atoms with Crippen molar-refractivity contribution in [2.75, 3.05) is 11.9 Å². The summed E-state index contributed by atoms with van der Waals surface area (Å²) in [4.78, 5) is 7.82. The third kappa shape index (κ3) is 3.15. The molecule has 0 aliphatic carbocycles. The molecule has 1 heterocycles. The lowest BCUT2D eigenvalue weighted by Crippen LogP contribution is -2.23. The second-order valence-electron chi connectivity index (χ2n) is 4.71. The summed E-state index contributed by atoms with van der Waals surface area (Å²) in [6.45, 7) is 8.99. The van der Waals surface area contributed by atoms with Crippen LogP contribution in [-0.2, 0) is 6.42 Å². The van der Waals surface area contributed by atoms with E-state index >= 15 is 0 Å². The van der Waals surface area contributed by atoms with Crippen LogP contribution in [0.15, 0.2) is 6.33 Å². The molecular weight excluding hydrogens is 205 g/mol. The van der Waals surface area contributed by atoms with Gasteiger partial charge in [-0.1, -0.05) is 27.7 Å². The molecule has 0 aliphatic heterocycles. The maximum absolute atomic E-state index is 13.8. The van der Waals surface area contributed by atoms with Crippen LogP contribution in [0.5, 0.6) is 0 Å². The van der Waals surface area contributed by atoms with E-state index in [2.05, 4.69) is 36.1 Å². The van der Waals surface area contributed by atoms with Gasteiger partial charge >= 0.3 is 0 Å². The minimum Gasteiger partial charge on any atom is -0.367 e. The zero-order valence-corrected chi connectivity index (χ0v) is 10.5. The van der Waals surface area contributed by atoms with E-state index in [-0.39, 0.29) is 11.2 Å². The molecule has 0 unspecified atom stereocenters. The maximum atomic E-state index is 13.8. The molecule has 0 amide bonds. The quantitative estimate of drug-likeness (QED) is 0.837. The predicted molar refractivity (Wildman–Crippen MR) is 63.9 cm³/mol. The Hall–Kier alpha value is -1.19. The molecule has 0 atom stereocenters. The molecule has 1 rings (SSSR count). The molecule has 90 valence electrons. The molecule has 1 aromatic rings. The van der Waals surface area contributed by atoms with E-state index in [4.69, 9.17) is 0 Å². The molecule has 0 aliphatic rings. The molecule has 0 aromatic carbocycles. The van der Waals surface area contributed by atoms with Gasteiger partial charge in [-0.15, -0.1) is 0 Å². The molecule has 3 nitrogen and oxygen atoms in total. The van der Waals surface area contributed by atoms with E-state index in [0.29, 0.717) is 24.5 Å². The van der Waals surface area contributed by atoms with E-state index in [1.807, 2.05) is 6.92 Å². The molecule has 16 heavy (non-hydrogen) atoms. The molecule has 0 bridgehead atoms. The average molecular weight is 225 g/mol. The van der Waals surface area contributed by atoms with E-state index in [1.54, 1.807) is 0 Å². The molecule has 0 fully saturated rings. The number of hydrogen-bond acceptors (Lipinski definition) is 3. The Labute approximate surface area is 96.5 Å². The third-order valence-electron chi connectivity index (χ3n) is 2.89. The Morgan fingerprint density at radius 3 is 2.56 bits per heavy atom. The number of aromatic nitrogens is 2. The van der Waals surface area contributed by atoms with Crippen LogP contribution in [0.1, 0.15) is 39.8 Å². The van der Waals surface area contributed by atoms with Crippen LogP contribution in [0.25, 0.3) is 0 Å². The van der Waals surface area contributed by atoms with Gasteiger partial charge in [0.2, 0.25) is 0 Å². The van der Waals surface area contributed by atoms with Gasteiger partial charge in [0.05, 0.1) is 5.69 Å². The standard InChI is InChI=1S/C12H20FN3/c1-5-9-10(13)11(16-8-15-9)14-7-12(3,4)6-2/h8H,5-7H2,1-4H3,(H,14,15,16). The van der Waals surface area contributed by atoms with Gasteiger partial charge in [0.25, 0.3) is 0 Å². The normalized spacial score (nSPS) is 11.6. The Morgan fingerprint density at radius 2 is 2.00 bits per heavy atom. The van der Waals surface area contributed by atoms with E-state index in [1.165, 1.54) is 6.33 Å². The van der Waals surface area contributed by atoms with Gasteiger partial charge in [-0.05, 0) is 18.3 Å². The van der Waals surface area contributed by atoms with Gasteiger partial charge in [0.15, 0.2) is 11.6 Å². The van der Waals surface area contributed by atoms with Crippen LogP contribution in [0.3, 0.4) is 0 Å². The van der Waals surface area contributed by atoms with Crippen molar-refractivity contribution < 1.29 is 4.39 Å². The summed E-state index contributed by atoms with van der Waals surface area (Å²) < 4.78 is 13.8. The van der Waals surface area contributed by atoms with Gasteiger partial charge in [0.1, 0.15) is 6.33 Å². The lowest BCUT2D eigenvalue weighted by atomic mass is 9.90. The molecule has 0 saturated carbocycles. The highest BCUT2D eigenvalue weighted by atomic mass is 19.1. The van der Waals surface area contributed by atoms with Crippen molar-refractivity contribution in [1.82, 2.24) is 9.97 Å². The Balaban J connectivity index is 2.75. The number of hydrogen-bond donors (Lipinski definition) is 1. The number of rotatable bonds is 5. The molecule has 1 aromatic heterocycles. The van der Waals surface area contributed by atoms with Gasteiger partial charge in [-0.25, -0.2) is 14.4 Å². The summed E-state index contributed by atoms with van der Waals surface area (Å²) in [5.41, 5.74) is 0.607. The maximum Gasteiger partial charge on any atom is 0.186 e. The first-order valence-electron chi connectivity index (χ1n) is 5.73. The highest BCUT2D eigenvalue weighted by Crippen LogP contribution is 2.21. The van der Waals surface area contributed by atoms with Crippen LogP contribution in [0.4, 0.5) is 10.2 Å². The first-order valence-corrected chi connectivity index (χ1v) is 5.73. The lowest BCUT2D eigenvalue weighted by molar-refractivity contribution is 0.375. The van der Waals surface area contributed by atoms with Gasteiger partial charge < -0.3 is 5.32 Å². The van der Waals surface area contributed by atoms with Gasteiger partial charge in [-0.2, -0.15) is 0 Å². The van der Waals surface area contributed by atoms with Crippen molar-refractivity contribution in [2.45, 2.75) is 40.5 Å². The van der Waals surface area contributed by atoms with Crippen LogP contribution < -0.4 is 5.32 Å². The number of nitrogens with one attached hydrogen (secondary N) is 1. The number of anilines is 1. The lowest BCUT2D eigenvalue weighted by Gasteiger charge is -2.23. The topological polar surface area (TPSA) is 37.8 Å². The number of halogens is 1. The fraction of sp³-hybridized carbons (Fsp3) is 0.667. The van der Waals surface area contributed by atoms with Gasteiger partial charge in [0, 0.05) is 6.54 Å². The van der Waals surface area contributed by atoms with Crippen molar-refractivity contribution in [3.8, 4) is 0 Å². The summed E-state index contributed by atoms with van der Waals surface area (Å²) >= 11 is 0. The van der Waals surface area contributed by atoms with Crippen LogP contribution in [0.2, 0.25) is 0 Å². The summed E-state index contributed by atoms with van der Waals surface area (Å²) in [5, 5.41) is 3.05. The van der Waals surface area contributed by atoms with Crippen LogP contribution >= 0.6 is 0 Å². The molecule has 4 heteroatoms. The largest absolute Gasteiger partial charge is 0.367 e. The summed E-state index contributed by atoms with van der Waals surface area (Å²) in [6.07, 6.45) is 3.02. The fourth-order valence-electron chi connectivity index (χ4n) is 1.22. The van der Waals surface area contributed by atoms with E-state index < -0.39 is 0 Å². The van der Waals surface area contributed by atoms with Crippen molar-refractivity contribution in [3.63, 3.8) is 0 Å². The zero-order chi connectivity index (χ0) is 12.2. The Kier molecular flexibility index (Phi) is 4.21. The van der Waals surface area contributed by atoms with E-state index in [9.17, 15) is 4.39 Å². The summed E-state index contributed by atoms with van der Waals surface area (Å²) in [6, 6.07) is 0. The van der Waals surface area contributed by atoms with Crippen molar-refractivity contribution in [3.05, 3.63) is 17.8 Å². The number of aryl methyl sites for hydroxylation is 1. The second kappa shape index (κ2) is 5.23. The van der Waals surface area contributed by atoms with Gasteiger partial charge in [-0.3, -0.25) is 0 Å². The second-order valence-corrected chi connectivity index (χ2v) is 4.71. The Morgan fingerprint density at radius 1 is 1.31 bits per heavy atom. The average Bonchev–Trinajstić information content (AvgIpc) is 2.28. The van der Waals surface area contributed by atoms with Crippen molar-refractivity contribution in [1.29, 1.82) is 0 Å². The zero-order valence-electron chi connectivity index (χ0n) is 10.5. The highest BCUT2D eigenvalue weighted by molar-refractivity contribution is 5.37. The smallest absolute Gasteiger partial charge is 0.186 e. The van der Waals surface area contributed by atoms with E-state index in [0.717, 1.165) is 6.42 Å². The predicted octanol–water partition coefficient (Wildman–Crippen LogP) is 3.03. The van der Waals surface area contributed by atoms with Crippen molar-refractivity contribution >= 4 is 5.82 Å². The molecule has 0 saturated heterocycles. The first kappa shape index (κ1) is 12.9. The molecular formula is C12H20FN3. The first-order chi connectivity index (χ1) is 7.50. The van der Waals surface area contributed by atoms with Crippen LogP contribution in [0, 0.1) is 11.2 Å². The molecule has 1 N–H and O–H groups in total. The molecule has 0 spiro atoms. The minimum atomic E-state index is -0.322. The minimum absolute atomic E-state index is 0.143. The highest BCUT2D eigenvalue weighted by Gasteiger charge is 2.16. The summed E-state index contributed by atoms with van der Waals surface area (Å²) in [7, 11) is 0. The monoisotopic (exact) mass is 225 g/mol. The summed E-state index contributed by atoms with van der Waals surface area (Å²) in [5.74, 6) is -0.00900. The van der Waals surface area contributed by atoms with Crippen LogP contribution in [-0.4, -0.2) is 16.5 Å². The fourth-order valence-corrected chi connectivity index (χ4v) is 1.22.